The van der Waals surface area contributed by atoms with Crippen LogP contribution < -0.4 is 4.90 Å². The highest BCUT2D eigenvalue weighted by Gasteiger charge is 2.37. The second kappa shape index (κ2) is 7.21. The summed E-state index contributed by atoms with van der Waals surface area (Å²) in [5.41, 5.74) is 0.608. The first-order chi connectivity index (χ1) is 14.4. The summed E-state index contributed by atoms with van der Waals surface area (Å²) in [6.45, 7) is 4.07. The average molecular weight is 420 g/mol. The van der Waals surface area contributed by atoms with Crippen LogP contribution in [0.4, 0.5) is 19.0 Å². The Balaban J connectivity index is 1.49. The van der Waals surface area contributed by atoms with Crippen molar-refractivity contribution in [3.05, 3.63) is 29.2 Å². The van der Waals surface area contributed by atoms with Gasteiger partial charge in [0.25, 0.3) is 11.6 Å². The highest BCUT2D eigenvalue weighted by molar-refractivity contribution is 5.48. The van der Waals surface area contributed by atoms with E-state index in [9.17, 15) is 13.2 Å². The molecule has 2 aliphatic heterocycles. The number of fused-ring (bicyclic) bond motifs is 2. The van der Waals surface area contributed by atoms with Crippen molar-refractivity contribution in [1.82, 2.24) is 34.3 Å². The molecule has 160 valence electrons. The van der Waals surface area contributed by atoms with Crippen molar-refractivity contribution >= 4 is 11.6 Å². The Kier molecular flexibility index (Phi) is 4.62. The van der Waals surface area contributed by atoms with Crippen molar-refractivity contribution in [3.8, 4) is 0 Å². The van der Waals surface area contributed by atoms with E-state index in [0.717, 1.165) is 56.8 Å². The predicted octanol–water partition coefficient (Wildman–Crippen LogP) is 3.15. The second-order valence-electron chi connectivity index (χ2n) is 8.12. The number of hydrogen-bond donors (Lipinski definition) is 0. The van der Waals surface area contributed by atoms with Gasteiger partial charge in [-0.15, -0.1) is 15.3 Å². The van der Waals surface area contributed by atoms with Crippen LogP contribution in [0.5, 0.6) is 0 Å². The molecule has 0 amide bonds. The number of piperidine rings is 1. The molecular weight excluding hydrogens is 397 g/mol. The van der Waals surface area contributed by atoms with E-state index in [-0.39, 0.29) is 11.7 Å². The molecule has 3 aromatic rings. The fourth-order valence-corrected chi connectivity index (χ4v) is 4.52. The maximum Gasteiger partial charge on any atom is 0.453 e. The average Bonchev–Trinajstić information content (AvgIpc) is 3.25. The number of anilines is 1. The highest BCUT2D eigenvalue weighted by Crippen LogP contribution is 2.32. The quantitative estimate of drug-likeness (QED) is 0.634. The van der Waals surface area contributed by atoms with E-state index >= 15 is 0 Å². The van der Waals surface area contributed by atoms with Crippen molar-refractivity contribution in [2.45, 2.75) is 64.1 Å². The van der Waals surface area contributed by atoms with Gasteiger partial charge in [-0.3, -0.25) is 0 Å². The minimum atomic E-state index is -4.61. The van der Waals surface area contributed by atoms with Crippen LogP contribution in [0.25, 0.3) is 5.78 Å². The van der Waals surface area contributed by atoms with Gasteiger partial charge >= 0.3 is 6.18 Å². The number of aromatic nitrogens is 7. The number of aryl methyl sites for hydroxylation is 2. The molecule has 5 rings (SSSR count). The Bertz CT molecular complexity index is 1070. The summed E-state index contributed by atoms with van der Waals surface area (Å²) in [5.74, 6) is 1.60. The van der Waals surface area contributed by atoms with Crippen molar-refractivity contribution in [3.63, 3.8) is 0 Å². The van der Waals surface area contributed by atoms with Gasteiger partial charge in [0.1, 0.15) is 17.5 Å². The Morgan fingerprint density at radius 2 is 1.90 bits per heavy atom. The molecular formula is C19H23F3N8. The van der Waals surface area contributed by atoms with Crippen molar-refractivity contribution < 1.29 is 13.2 Å². The lowest BCUT2D eigenvalue weighted by Crippen LogP contribution is -2.37. The molecule has 0 N–H and O–H groups in total. The second-order valence-corrected chi connectivity index (χ2v) is 8.12. The van der Waals surface area contributed by atoms with Gasteiger partial charge in [-0.05, 0) is 32.6 Å². The zero-order chi connectivity index (χ0) is 20.9. The van der Waals surface area contributed by atoms with Gasteiger partial charge in [-0.25, -0.2) is 4.98 Å². The summed E-state index contributed by atoms with van der Waals surface area (Å²) < 4.78 is 42.9. The first kappa shape index (κ1) is 19.3. The van der Waals surface area contributed by atoms with Crippen LogP contribution in [0.15, 0.2) is 6.07 Å². The predicted molar refractivity (Wildman–Crippen MR) is 102 cm³/mol. The van der Waals surface area contributed by atoms with Gasteiger partial charge < -0.3 is 9.47 Å². The lowest BCUT2D eigenvalue weighted by molar-refractivity contribution is -0.144. The Morgan fingerprint density at radius 3 is 2.73 bits per heavy atom. The Morgan fingerprint density at radius 1 is 1.03 bits per heavy atom. The molecule has 3 aromatic heterocycles. The molecule has 5 heterocycles. The van der Waals surface area contributed by atoms with E-state index in [4.69, 9.17) is 0 Å². The van der Waals surface area contributed by atoms with E-state index in [1.807, 2.05) is 0 Å². The SMILES string of the molecule is Cc1cc(N2CCCC(c3nnc4n3CCCCC4)C2)n2nc(C(F)(F)F)nc2n1. The van der Waals surface area contributed by atoms with Crippen LogP contribution in [-0.2, 0) is 19.1 Å². The molecule has 1 unspecified atom stereocenters. The summed E-state index contributed by atoms with van der Waals surface area (Å²) >= 11 is 0. The molecule has 30 heavy (non-hydrogen) atoms. The third kappa shape index (κ3) is 3.39. The number of halogens is 3. The molecule has 0 bridgehead atoms. The summed E-state index contributed by atoms with van der Waals surface area (Å²) in [6, 6.07) is 1.77. The molecule has 0 aliphatic carbocycles. The largest absolute Gasteiger partial charge is 0.453 e. The normalized spacial score (nSPS) is 20.4. The molecule has 11 heteroatoms. The first-order valence-electron chi connectivity index (χ1n) is 10.4. The van der Waals surface area contributed by atoms with E-state index in [0.29, 0.717) is 18.1 Å². The lowest BCUT2D eigenvalue weighted by Gasteiger charge is -2.34. The van der Waals surface area contributed by atoms with Crippen LogP contribution >= 0.6 is 0 Å². The fraction of sp³-hybridized carbons (Fsp3) is 0.632. The number of hydrogen-bond acceptors (Lipinski definition) is 6. The molecule has 0 spiro atoms. The first-order valence-corrected chi connectivity index (χ1v) is 10.4. The standard InChI is InChI=1S/C19H23F3N8/c1-12-10-15(30-18(23-12)24-17(27-30)19(20,21)22)28-8-5-6-13(11-28)16-26-25-14-7-3-2-4-9-29(14)16/h10,13H,2-9,11H2,1H3. The third-order valence-electron chi connectivity index (χ3n) is 5.92. The maximum atomic E-state index is 13.1. The van der Waals surface area contributed by atoms with Crippen LogP contribution in [-0.4, -0.2) is 47.4 Å². The van der Waals surface area contributed by atoms with E-state index in [2.05, 4.69) is 34.7 Å². The van der Waals surface area contributed by atoms with Crippen LogP contribution in [0.1, 0.15) is 61.2 Å². The number of nitrogens with zero attached hydrogens (tertiary/aromatic N) is 8. The summed E-state index contributed by atoms with van der Waals surface area (Å²) in [7, 11) is 0. The lowest BCUT2D eigenvalue weighted by atomic mass is 9.97. The maximum absolute atomic E-state index is 13.1. The van der Waals surface area contributed by atoms with Crippen molar-refractivity contribution in [1.29, 1.82) is 0 Å². The molecule has 1 saturated heterocycles. The number of rotatable bonds is 2. The topological polar surface area (TPSA) is 77.0 Å². The molecule has 8 nitrogen and oxygen atoms in total. The van der Waals surface area contributed by atoms with E-state index in [1.54, 1.807) is 13.0 Å². The molecule has 0 radical (unpaired) electrons. The monoisotopic (exact) mass is 420 g/mol. The summed E-state index contributed by atoms with van der Waals surface area (Å²) in [6.07, 6.45) is 1.69. The molecule has 1 atom stereocenters. The van der Waals surface area contributed by atoms with Gasteiger partial charge in [0.2, 0.25) is 0 Å². The summed E-state index contributed by atoms with van der Waals surface area (Å²) in [4.78, 5) is 9.81. The zero-order valence-corrected chi connectivity index (χ0v) is 16.7. The Labute approximate surface area is 171 Å². The fourth-order valence-electron chi connectivity index (χ4n) is 4.52. The molecule has 0 saturated carbocycles. The minimum Gasteiger partial charge on any atom is -0.356 e. The van der Waals surface area contributed by atoms with Crippen LogP contribution in [0.3, 0.4) is 0 Å². The van der Waals surface area contributed by atoms with Crippen molar-refractivity contribution in [2.75, 3.05) is 18.0 Å². The van der Waals surface area contributed by atoms with Gasteiger partial charge in [-0.1, -0.05) is 6.42 Å². The third-order valence-corrected chi connectivity index (χ3v) is 5.92. The smallest absolute Gasteiger partial charge is 0.356 e. The van der Waals surface area contributed by atoms with Crippen LogP contribution in [0.2, 0.25) is 0 Å². The van der Waals surface area contributed by atoms with Gasteiger partial charge in [0.15, 0.2) is 0 Å². The van der Waals surface area contributed by atoms with E-state index < -0.39 is 12.0 Å². The molecule has 2 aliphatic rings. The van der Waals surface area contributed by atoms with Gasteiger partial charge in [-0.2, -0.15) is 22.7 Å². The molecule has 0 aromatic carbocycles. The Hall–Kier alpha value is -2.72. The van der Waals surface area contributed by atoms with Gasteiger partial charge in [0.05, 0.1) is 0 Å². The van der Waals surface area contributed by atoms with Gasteiger partial charge in [0, 0.05) is 43.7 Å². The molecule has 1 fully saturated rings. The van der Waals surface area contributed by atoms with Crippen molar-refractivity contribution in [2.24, 2.45) is 0 Å². The highest BCUT2D eigenvalue weighted by atomic mass is 19.4. The minimum absolute atomic E-state index is 0.0317. The van der Waals surface area contributed by atoms with Crippen LogP contribution in [0, 0.1) is 6.92 Å². The van der Waals surface area contributed by atoms with E-state index in [1.165, 1.54) is 10.9 Å². The number of alkyl halides is 3. The summed E-state index contributed by atoms with van der Waals surface area (Å²) in [5, 5.41) is 12.6. The zero-order valence-electron chi connectivity index (χ0n) is 16.7.